The Morgan fingerprint density at radius 1 is 0.426 bits per heavy atom. The van der Waals surface area contributed by atoms with Crippen LogP contribution < -0.4 is 4.90 Å². The first kappa shape index (κ1) is 27.9. The average Bonchev–Trinajstić information content (AvgIpc) is 3.49. The second-order valence-electron chi connectivity index (χ2n) is 14.2. The summed E-state index contributed by atoms with van der Waals surface area (Å²) in [5.74, 6) is 0. The summed E-state index contributed by atoms with van der Waals surface area (Å²) in [4.78, 5) is 2.51. The van der Waals surface area contributed by atoms with Gasteiger partial charge in [0.15, 0.2) is 0 Å². The maximum atomic E-state index is 2.51. The molecule has 0 fully saturated rings. The number of hydrogen-bond acceptors (Lipinski definition) is 1. The van der Waals surface area contributed by atoms with Crippen LogP contribution in [0.1, 0.15) is 49.9 Å². The lowest BCUT2D eigenvalue weighted by atomic mass is 9.80. The molecule has 226 valence electrons. The van der Waals surface area contributed by atoms with Crippen molar-refractivity contribution in [2.75, 3.05) is 4.90 Å². The Kier molecular flexibility index (Phi) is 5.96. The Labute approximate surface area is 277 Å². The van der Waals surface area contributed by atoms with E-state index in [4.69, 9.17) is 0 Å². The van der Waals surface area contributed by atoms with Crippen molar-refractivity contribution in [1.29, 1.82) is 0 Å². The molecule has 0 spiro atoms. The van der Waals surface area contributed by atoms with Crippen molar-refractivity contribution >= 4 is 27.8 Å². The Hall–Kier alpha value is -5.40. The average molecular weight is 604 g/mol. The van der Waals surface area contributed by atoms with Crippen LogP contribution in [0, 0.1) is 0 Å². The molecule has 1 nitrogen and oxygen atoms in total. The summed E-state index contributed by atoms with van der Waals surface area (Å²) < 4.78 is 0. The van der Waals surface area contributed by atoms with Gasteiger partial charge >= 0.3 is 0 Å². The van der Waals surface area contributed by atoms with Gasteiger partial charge in [-0.2, -0.15) is 0 Å². The zero-order valence-electron chi connectivity index (χ0n) is 27.4. The minimum atomic E-state index is -0.133. The van der Waals surface area contributed by atoms with Crippen LogP contribution in [0.4, 0.5) is 17.1 Å². The first-order valence-corrected chi connectivity index (χ1v) is 16.7. The molecule has 9 rings (SSSR count). The van der Waals surface area contributed by atoms with Gasteiger partial charge in [0.05, 0.1) is 5.69 Å². The van der Waals surface area contributed by atoms with Crippen molar-refractivity contribution < 1.29 is 0 Å². The molecule has 0 bridgehead atoms. The number of hydrogen-bond donors (Lipinski definition) is 0. The molecule has 0 amide bonds. The van der Waals surface area contributed by atoms with Crippen molar-refractivity contribution in [2.24, 2.45) is 0 Å². The van der Waals surface area contributed by atoms with Gasteiger partial charge in [-0.05, 0) is 91.2 Å². The number of rotatable bonds is 4. The molecule has 0 saturated carbocycles. The van der Waals surface area contributed by atoms with Gasteiger partial charge in [-0.25, -0.2) is 0 Å². The van der Waals surface area contributed by atoms with Crippen LogP contribution in [-0.4, -0.2) is 0 Å². The summed E-state index contributed by atoms with van der Waals surface area (Å²) in [6.07, 6.45) is 0. The standard InChI is InChI=1S/C46H37N/c1-45(2)39-20-12-10-18-36(39)37-27-26-34(29-41(37)45)47(33-24-22-31(23-25-33)30-14-6-5-7-15-30)42-28-32-16-8-9-17-35(32)44-43(42)38-19-11-13-21-40(38)46(44,3)4/h5-29H,1-4H3. The smallest absolute Gasteiger partial charge is 0.0549 e. The summed E-state index contributed by atoms with van der Waals surface area (Å²) >= 11 is 0. The fourth-order valence-electron chi connectivity index (χ4n) is 8.50. The third kappa shape index (κ3) is 4.02. The lowest BCUT2D eigenvalue weighted by Gasteiger charge is -2.31. The molecule has 0 heterocycles. The molecule has 7 aromatic rings. The predicted octanol–water partition coefficient (Wildman–Crippen LogP) is 12.6. The van der Waals surface area contributed by atoms with Crippen LogP contribution in [0.15, 0.2) is 152 Å². The van der Waals surface area contributed by atoms with Gasteiger partial charge < -0.3 is 4.90 Å². The van der Waals surface area contributed by atoms with Crippen LogP contribution in [0.2, 0.25) is 0 Å². The Morgan fingerprint density at radius 2 is 1.00 bits per heavy atom. The predicted molar refractivity (Wildman–Crippen MR) is 199 cm³/mol. The van der Waals surface area contributed by atoms with Crippen LogP contribution in [-0.2, 0) is 10.8 Å². The third-order valence-corrected chi connectivity index (χ3v) is 10.8. The SMILES string of the molecule is CC1(C)c2ccccc2-c2ccc(N(c3ccc(-c4ccccc4)cc3)c3cc4ccccc4c4c3-c3ccccc3C4(C)C)cc21. The molecule has 2 aliphatic rings. The highest BCUT2D eigenvalue weighted by Gasteiger charge is 2.40. The van der Waals surface area contributed by atoms with Gasteiger partial charge in [-0.1, -0.05) is 149 Å². The maximum absolute atomic E-state index is 2.51. The van der Waals surface area contributed by atoms with Crippen LogP contribution in [0.5, 0.6) is 0 Å². The summed E-state index contributed by atoms with van der Waals surface area (Å²) in [7, 11) is 0. The van der Waals surface area contributed by atoms with Gasteiger partial charge in [0.1, 0.15) is 0 Å². The molecule has 7 aromatic carbocycles. The van der Waals surface area contributed by atoms with Crippen LogP contribution in [0.25, 0.3) is 44.2 Å². The fourth-order valence-corrected chi connectivity index (χ4v) is 8.50. The van der Waals surface area contributed by atoms with E-state index >= 15 is 0 Å². The highest BCUT2D eigenvalue weighted by molar-refractivity contribution is 6.06. The van der Waals surface area contributed by atoms with Gasteiger partial charge in [0, 0.05) is 27.8 Å². The van der Waals surface area contributed by atoms with Gasteiger partial charge in [-0.15, -0.1) is 0 Å². The van der Waals surface area contributed by atoms with Crippen molar-refractivity contribution in [3.05, 3.63) is 174 Å². The summed E-state index contributed by atoms with van der Waals surface area (Å²) in [6.45, 7) is 9.52. The van der Waals surface area contributed by atoms with E-state index < -0.39 is 0 Å². The molecule has 0 N–H and O–H groups in total. The fraction of sp³-hybridized carbons (Fsp3) is 0.130. The Balaban J connectivity index is 1.33. The molecular formula is C46H37N. The molecule has 0 aromatic heterocycles. The van der Waals surface area contributed by atoms with Crippen molar-refractivity contribution in [2.45, 2.75) is 38.5 Å². The van der Waals surface area contributed by atoms with Gasteiger partial charge in [-0.3, -0.25) is 0 Å². The van der Waals surface area contributed by atoms with Gasteiger partial charge in [0.2, 0.25) is 0 Å². The summed E-state index contributed by atoms with van der Waals surface area (Å²) in [5.41, 5.74) is 16.7. The maximum Gasteiger partial charge on any atom is 0.0549 e. The quantitative estimate of drug-likeness (QED) is 0.193. The van der Waals surface area contributed by atoms with E-state index in [1.165, 1.54) is 77.8 Å². The molecule has 0 saturated heterocycles. The highest BCUT2D eigenvalue weighted by Crippen LogP contribution is 2.57. The normalized spacial score (nSPS) is 14.7. The molecule has 0 unspecified atom stereocenters. The monoisotopic (exact) mass is 603 g/mol. The molecule has 0 atom stereocenters. The first-order valence-electron chi connectivity index (χ1n) is 16.7. The van der Waals surface area contributed by atoms with Gasteiger partial charge in [0.25, 0.3) is 0 Å². The van der Waals surface area contributed by atoms with Crippen molar-refractivity contribution in [3.63, 3.8) is 0 Å². The van der Waals surface area contributed by atoms with Crippen LogP contribution >= 0.6 is 0 Å². The summed E-state index contributed by atoms with van der Waals surface area (Å²) in [5, 5.41) is 2.60. The molecule has 1 heteroatoms. The van der Waals surface area contributed by atoms with E-state index in [0.717, 1.165) is 5.69 Å². The minimum Gasteiger partial charge on any atom is -0.310 e. The number of anilines is 3. The second-order valence-corrected chi connectivity index (χ2v) is 14.2. The van der Waals surface area contributed by atoms with E-state index in [1.807, 2.05) is 0 Å². The zero-order valence-corrected chi connectivity index (χ0v) is 27.4. The van der Waals surface area contributed by atoms with Crippen molar-refractivity contribution in [1.82, 2.24) is 0 Å². The lowest BCUT2D eigenvalue weighted by Crippen LogP contribution is -2.18. The van der Waals surface area contributed by atoms with E-state index in [9.17, 15) is 0 Å². The number of fused-ring (bicyclic) bond motifs is 8. The zero-order chi connectivity index (χ0) is 31.9. The Morgan fingerprint density at radius 3 is 1.77 bits per heavy atom. The molecule has 0 aliphatic heterocycles. The Bertz CT molecular complexity index is 2340. The number of nitrogens with zero attached hydrogens (tertiary/aromatic N) is 1. The second kappa shape index (κ2) is 10.0. The topological polar surface area (TPSA) is 3.24 Å². The van der Waals surface area contributed by atoms with E-state index in [2.05, 4.69) is 184 Å². The number of benzene rings is 7. The molecule has 0 radical (unpaired) electrons. The molecule has 47 heavy (non-hydrogen) atoms. The lowest BCUT2D eigenvalue weighted by molar-refractivity contribution is 0.660. The largest absolute Gasteiger partial charge is 0.310 e. The van der Waals surface area contributed by atoms with E-state index in [1.54, 1.807) is 0 Å². The molecular weight excluding hydrogens is 567 g/mol. The van der Waals surface area contributed by atoms with E-state index in [0.29, 0.717) is 0 Å². The van der Waals surface area contributed by atoms with Crippen molar-refractivity contribution in [3.8, 4) is 33.4 Å². The minimum absolute atomic E-state index is 0.0926. The third-order valence-electron chi connectivity index (χ3n) is 10.8. The summed E-state index contributed by atoms with van der Waals surface area (Å²) in [6, 6.07) is 56.2. The highest BCUT2D eigenvalue weighted by atomic mass is 15.1. The molecule has 2 aliphatic carbocycles. The van der Waals surface area contributed by atoms with Crippen LogP contribution in [0.3, 0.4) is 0 Å². The first-order chi connectivity index (χ1) is 22.8. The van der Waals surface area contributed by atoms with E-state index in [-0.39, 0.29) is 10.8 Å².